The van der Waals surface area contributed by atoms with Crippen LogP contribution in [-0.4, -0.2) is 66.5 Å². The Morgan fingerprint density at radius 3 is 2.40 bits per heavy atom. The van der Waals surface area contributed by atoms with Gasteiger partial charge in [0.05, 0.1) is 13.1 Å². The number of ether oxygens (including phenoxy) is 1. The summed E-state index contributed by atoms with van der Waals surface area (Å²) in [7, 11) is 0. The molecule has 2 atom stereocenters. The first-order valence-electron chi connectivity index (χ1n) is 12.7. The maximum atomic E-state index is 13.6. The zero-order valence-corrected chi connectivity index (χ0v) is 21.7. The van der Waals surface area contributed by atoms with Crippen molar-refractivity contribution in [2.24, 2.45) is 5.92 Å². The van der Waals surface area contributed by atoms with E-state index in [0.29, 0.717) is 29.1 Å². The van der Waals surface area contributed by atoms with Crippen LogP contribution in [0.5, 0.6) is 0 Å². The molecule has 0 spiro atoms. The Hall–Kier alpha value is -2.09. The first-order valence-corrected chi connectivity index (χ1v) is 12.7. The molecule has 5 nitrogen and oxygen atoms in total. The maximum absolute atomic E-state index is 13.6. The highest BCUT2D eigenvalue weighted by atomic mass is 79.9. The van der Waals surface area contributed by atoms with E-state index < -0.39 is 0 Å². The van der Waals surface area contributed by atoms with Gasteiger partial charge in [0.1, 0.15) is 24.9 Å². The number of quaternary nitrogens is 1. The number of benzene rings is 2. The van der Waals surface area contributed by atoms with Crippen LogP contribution in [0.25, 0.3) is 0 Å². The average Bonchev–Trinajstić information content (AvgIpc) is 2.86. The molecule has 2 aromatic carbocycles. The van der Waals surface area contributed by atoms with Crippen molar-refractivity contribution in [1.82, 2.24) is 4.90 Å². The summed E-state index contributed by atoms with van der Waals surface area (Å²) in [6, 6.07) is 15.5. The first-order chi connectivity index (χ1) is 16.5. The average molecular weight is 545 g/mol. The molecule has 4 saturated heterocycles. The van der Waals surface area contributed by atoms with Crippen molar-refractivity contribution in [2.75, 3.05) is 39.3 Å². The molecule has 188 valence electrons. The molecule has 2 bridgehead atoms. The zero-order chi connectivity index (χ0) is 23.5. The fourth-order valence-electron chi connectivity index (χ4n) is 6.16. The van der Waals surface area contributed by atoms with E-state index in [1.54, 1.807) is 12.1 Å². The Bertz CT molecular complexity index is 1020. The number of hydrogen-bond donors (Lipinski definition) is 0. The number of rotatable bonds is 7. The summed E-state index contributed by atoms with van der Waals surface area (Å²) >= 11 is 0. The fourth-order valence-corrected chi connectivity index (χ4v) is 6.16. The first kappa shape index (κ1) is 26.0. The largest absolute Gasteiger partial charge is 1.00 e. The van der Waals surface area contributed by atoms with Gasteiger partial charge in [0, 0.05) is 24.3 Å². The highest BCUT2D eigenvalue weighted by Gasteiger charge is 2.49. The lowest BCUT2D eigenvalue weighted by Crippen LogP contribution is -3.00. The predicted molar refractivity (Wildman–Crippen MR) is 128 cm³/mol. The Balaban J connectivity index is 0.00000289. The van der Waals surface area contributed by atoms with E-state index in [-0.39, 0.29) is 46.7 Å². The molecule has 0 radical (unpaired) electrons. The van der Waals surface area contributed by atoms with Crippen molar-refractivity contribution in [2.45, 2.75) is 44.2 Å². The Kier molecular flexibility index (Phi) is 8.40. The van der Waals surface area contributed by atoms with Crippen LogP contribution in [0.4, 0.5) is 4.39 Å². The van der Waals surface area contributed by atoms with E-state index in [9.17, 15) is 14.0 Å². The van der Waals surface area contributed by atoms with E-state index in [0.717, 1.165) is 57.4 Å². The molecule has 0 unspecified atom stereocenters. The fraction of sp³-hybridized carbons (Fsp3) is 0.500. The van der Waals surface area contributed by atoms with Gasteiger partial charge in [-0.3, -0.25) is 9.69 Å². The van der Waals surface area contributed by atoms with Crippen molar-refractivity contribution in [3.8, 4) is 0 Å². The molecule has 4 fully saturated rings. The van der Waals surface area contributed by atoms with Gasteiger partial charge in [-0.2, -0.15) is 0 Å². The predicted octanol–water partition coefficient (Wildman–Crippen LogP) is 1.39. The summed E-state index contributed by atoms with van der Waals surface area (Å²) in [6.45, 7) is 4.63. The van der Waals surface area contributed by atoms with Gasteiger partial charge in [0.25, 0.3) is 0 Å². The highest BCUT2D eigenvalue weighted by molar-refractivity contribution is 5.97. The number of halogens is 2. The number of fused-ring (bicyclic) bond motifs is 3. The second-order valence-electron chi connectivity index (χ2n) is 10.3. The van der Waals surface area contributed by atoms with Crippen LogP contribution in [0.1, 0.15) is 54.1 Å². The van der Waals surface area contributed by atoms with Gasteiger partial charge in [-0.1, -0.05) is 48.9 Å². The molecule has 0 amide bonds. The molecule has 0 N–H and O–H groups in total. The van der Waals surface area contributed by atoms with Gasteiger partial charge in [-0.15, -0.1) is 0 Å². The molecule has 0 aliphatic carbocycles. The smallest absolute Gasteiger partial charge is 0.328 e. The maximum Gasteiger partial charge on any atom is 0.328 e. The van der Waals surface area contributed by atoms with Crippen LogP contribution in [0, 0.1) is 11.7 Å². The second-order valence-corrected chi connectivity index (χ2v) is 10.3. The molecule has 7 heteroatoms. The number of carbonyl (C=O) groups excluding carboxylic acids is 2. The standard InChI is InChI=1S/C28H34FN2O3.BrH/c29-24-11-7-10-23(18-24)25(32)19-31-16-12-21(13-17-31)26(20-31)34-28(33)27(22-8-3-1-4-9-22)30-14-5-2-6-15-30;/h1,3-4,7-11,18,21,26-27H,2,5-6,12-17,19-20H2;1H/q+1;/p-1/t21?,26-,27-,31?;/m0./s1. The number of esters is 1. The van der Waals surface area contributed by atoms with Crippen LogP contribution < -0.4 is 17.0 Å². The summed E-state index contributed by atoms with van der Waals surface area (Å²) in [6.07, 6.45) is 5.14. The van der Waals surface area contributed by atoms with E-state index in [1.807, 2.05) is 30.3 Å². The summed E-state index contributed by atoms with van der Waals surface area (Å²) in [5.74, 6) is -0.243. The van der Waals surface area contributed by atoms with Gasteiger partial charge in [-0.05, 0) is 43.6 Å². The van der Waals surface area contributed by atoms with Crippen molar-refractivity contribution in [3.05, 3.63) is 71.5 Å². The molecule has 4 heterocycles. The van der Waals surface area contributed by atoms with Crippen LogP contribution >= 0.6 is 0 Å². The monoisotopic (exact) mass is 544 g/mol. The lowest BCUT2D eigenvalue weighted by Gasteiger charge is -2.51. The number of nitrogens with zero attached hydrogens (tertiary/aromatic N) is 2. The third-order valence-corrected chi connectivity index (χ3v) is 8.03. The molecule has 0 saturated carbocycles. The lowest BCUT2D eigenvalue weighted by molar-refractivity contribution is -0.938. The minimum Gasteiger partial charge on any atom is -1.00 e. The molecular formula is C28H34BrFN2O3. The van der Waals surface area contributed by atoms with Gasteiger partial charge in [-0.25, -0.2) is 9.18 Å². The lowest BCUT2D eigenvalue weighted by atomic mass is 9.82. The van der Waals surface area contributed by atoms with E-state index in [4.69, 9.17) is 4.74 Å². The second kappa shape index (κ2) is 11.3. The summed E-state index contributed by atoms with van der Waals surface area (Å²) in [5, 5.41) is 0. The van der Waals surface area contributed by atoms with Crippen molar-refractivity contribution < 1.29 is 40.2 Å². The van der Waals surface area contributed by atoms with E-state index in [2.05, 4.69) is 4.90 Å². The van der Waals surface area contributed by atoms with E-state index >= 15 is 0 Å². The SMILES string of the molecule is O=C(C[N+]12CCC(CC1)[C@@H](OC(=O)[C@H](c1ccccc1)N1CCCCC1)C2)c1cccc(F)c1.[Br-]. The molecule has 6 rings (SSSR count). The summed E-state index contributed by atoms with van der Waals surface area (Å²) in [5.41, 5.74) is 1.41. The number of ketones is 1. The van der Waals surface area contributed by atoms with Gasteiger partial charge in [0.2, 0.25) is 5.78 Å². The Morgan fingerprint density at radius 2 is 1.71 bits per heavy atom. The van der Waals surface area contributed by atoms with Crippen LogP contribution in [0.3, 0.4) is 0 Å². The number of hydrogen-bond acceptors (Lipinski definition) is 4. The number of carbonyl (C=O) groups is 2. The molecule has 4 aliphatic rings. The summed E-state index contributed by atoms with van der Waals surface area (Å²) in [4.78, 5) is 28.8. The molecule has 0 aromatic heterocycles. The third kappa shape index (κ3) is 5.84. The Morgan fingerprint density at radius 1 is 1.00 bits per heavy atom. The van der Waals surface area contributed by atoms with Crippen molar-refractivity contribution >= 4 is 11.8 Å². The summed E-state index contributed by atoms with van der Waals surface area (Å²) < 4.78 is 20.5. The van der Waals surface area contributed by atoms with Crippen LogP contribution in [0.2, 0.25) is 0 Å². The van der Waals surface area contributed by atoms with E-state index in [1.165, 1.54) is 18.6 Å². The quantitative estimate of drug-likeness (QED) is 0.300. The normalized spacial score (nSPS) is 27.0. The Labute approximate surface area is 217 Å². The number of piperidine rings is 4. The zero-order valence-electron chi connectivity index (χ0n) is 20.1. The van der Waals surface area contributed by atoms with Crippen molar-refractivity contribution in [3.63, 3.8) is 0 Å². The minimum absolute atomic E-state index is 0. The third-order valence-electron chi connectivity index (χ3n) is 8.03. The van der Waals surface area contributed by atoms with Crippen LogP contribution in [-0.2, 0) is 9.53 Å². The number of Topliss-reactive ketones (excluding diaryl/α,β-unsaturated/α-hetero) is 1. The number of likely N-dealkylation sites (tertiary alicyclic amines) is 1. The van der Waals surface area contributed by atoms with Gasteiger partial charge < -0.3 is 26.2 Å². The van der Waals surface area contributed by atoms with Crippen molar-refractivity contribution in [1.29, 1.82) is 0 Å². The van der Waals surface area contributed by atoms with Gasteiger partial charge >= 0.3 is 5.97 Å². The molecule has 2 aromatic rings. The topological polar surface area (TPSA) is 46.6 Å². The molecular weight excluding hydrogens is 511 g/mol. The van der Waals surface area contributed by atoms with Crippen LogP contribution in [0.15, 0.2) is 54.6 Å². The highest BCUT2D eigenvalue weighted by Crippen LogP contribution is 2.37. The molecule has 4 aliphatic heterocycles. The minimum atomic E-state index is -0.389. The van der Waals surface area contributed by atoms with Gasteiger partial charge in [0.15, 0.2) is 6.10 Å². The molecule has 35 heavy (non-hydrogen) atoms.